The van der Waals surface area contributed by atoms with Crippen molar-refractivity contribution in [1.29, 1.82) is 0 Å². The fourth-order valence-corrected chi connectivity index (χ4v) is 2.05. The molecular weight excluding hydrogens is 238 g/mol. The first-order valence-corrected chi connectivity index (χ1v) is 7.18. The Morgan fingerprint density at radius 2 is 1.89 bits per heavy atom. The molecule has 3 nitrogen and oxygen atoms in total. The van der Waals surface area contributed by atoms with Crippen molar-refractivity contribution in [2.24, 2.45) is 0 Å². The second-order valence-corrected chi connectivity index (χ2v) is 5.27. The first-order chi connectivity index (χ1) is 9.13. The second kappa shape index (κ2) is 8.94. The van der Waals surface area contributed by atoms with Crippen LogP contribution in [0.2, 0.25) is 0 Å². The Morgan fingerprint density at radius 3 is 2.58 bits per heavy atom. The molecule has 0 unspecified atom stereocenters. The lowest BCUT2D eigenvalue weighted by Crippen LogP contribution is -2.90. The summed E-state index contributed by atoms with van der Waals surface area (Å²) in [5, 5.41) is 2.34. The molecule has 1 rings (SSSR count). The van der Waals surface area contributed by atoms with Crippen LogP contribution in [-0.4, -0.2) is 32.4 Å². The van der Waals surface area contributed by atoms with E-state index in [1.807, 2.05) is 18.2 Å². The Morgan fingerprint density at radius 1 is 1.16 bits per heavy atom. The summed E-state index contributed by atoms with van der Waals surface area (Å²) in [5.41, 5.74) is 1.20. The summed E-state index contributed by atoms with van der Waals surface area (Å²) in [6, 6.07) is 8.82. The molecule has 0 amide bonds. The maximum absolute atomic E-state index is 5.98. The van der Waals surface area contributed by atoms with Crippen LogP contribution in [0.1, 0.15) is 32.3 Å². The fourth-order valence-electron chi connectivity index (χ4n) is 2.05. The normalized spacial score (nSPS) is 14.1. The van der Waals surface area contributed by atoms with Gasteiger partial charge in [0.1, 0.15) is 5.75 Å². The van der Waals surface area contributed by atoms with Crippen LogP contribution in [0.3, 0.4) is 0 Å². The van der Waals surface area contributed by atoms with Gasteiger partial charge in [-0.3, -0.25) is 0 Å². The highest BCUT2D eigenvalue weighted by molar-refractivity contribution is 5.31. The SMILES string of the molecule is COCC[NH2+][C@@H](C)CC[C@@H](C)Oc1ccccc1C. The predicted molar refractivity (Wildman–Crippen MR) is 78.6 cm³/mol. The molecule has 0 saturated carbocycles. The molecule has 0 fully saturated rings. The molecule has 0 heterocycles. The third-order valence-corrected chi connectivity index (χ3v) is 3.34. The van der Waals surface area contributed by atoms with Gasteiger partial charge in [-0.25, -0.2) is 0 Å². The number of quaternary nitrogens is 1. The van der Waals surface area contributed by atoms with E-state index < -0.39 is 0 Å². The van der Waals surface area contributed by atoms with Gasteiger partial charge in [0.05, 0.1) is 25.3 Å². The van der Waals surface area contributed by atoms with Gasteiger partial charge in [0.2, 0.25) is 0 Å². The molecule has 0 saturated heterocycles. The molecular formula is C16H28NO2+. The molecule has 2 N–H and O–H groups in total. The molecule has 0 bridgehead atoms. The Bertz CT molecular complexity index is 354. The van der Waals surface area contributed by atoms with Crippen LogP contribution in [0.15, 0.2) is 24.3 Å². The standard InChI is InChI=1S/C16H27NO2/c1-13-7-5-6-8-16(13)19-15(3)10-9-14(2)17-11-12-18-4/h5-8,14-15,17H,9-12H2,1-4H3/p+1/t14-,15+/m0/s1. The molecule has 0 aliphatic heterocycles. The third kappa shape index (κ3) is 6.60. The number of benzene rings is 1. The topological polar surface area (TPSA) is 35.1 Å². The molecule has 1 aromatic carbocycles. The summed E-state index contributed by atoms with van der Waals surface area (Å²) in [4.78, 5) is 0. The summed E-state index contributed by atoms with van der Waals surface area (Å²) in [6.07, 6.45) is 2.51. The van der Waals surface area contributed by atoms with Crippen molar-refractivity contribution in [3.8, 4) is 5.75 Å². The number of para-hydroxylation sites is 1. The quantitative estimate of drug-likeness (QED) is 0.695. The molecule has 0 aromatic heterocycles. The Labute approximate surface area is 117 Å². The van der Waals surface area contributed by atoms with Gasteiger partial charge in [0.25, 0.3) is 0 Å². The van der Waals surface area contributed by atoms with Crippen LogP contribution in [-0.2, 0) is 4.74 Å². The second-order valence-electron chi connectivity index (χ2n) is 5.27. The van der Waals surface area contributed by atoms with E-state index in [2.05, 4.69) is 32.2 Å². The summed E-state index contributed by atoms with van der Waals surface area (Å²) < 4.78 is 11.0. The summed E-state index contributed by atoms with van der Waals surface area (Å²) in [7, 11) is 1.75. The van der Waals surface area contributed by atoms with E-state index in [4.69, 9.17) is 9.47 Å². The predicted octanol–water partition coefficient (Wildman–Crippen LogP) is 2.14. The van der Waals surface area contributed by atoms with Crippen molar-refractivity contribution < 1.29 is 14.8 Å². The molecule has 2 atom stereocenters. The zero-order valence-electron chi connectivity index (χ0n) is 12.7. The summed E-state index contributed by atoms with van der Waals surface area (Å²) in [6.45, 7) is 8.35. The van der Waals surface area contributed by atoms with Gasteiger partial charge in [-0.15, -0.1) is 0 Å². The minimum atomic E-state index is 0.263. The van der Waals surface area contributed by atoms with Crippen LogP contribution in [0.25, 0.3) is 0 Å². The maximum Gasteiger partial charge on any atom is 0.122 e. The first kappa shape index (κ1) is 16.0. The van der Waals surface area contributed by atoms with E-state index in [0.29, 0.717) is 6.04 Å². The average Bonchev–Trinajstić information content (AvgIpc) is 2.39. The molecule has 0 radical (unpaired) electrons. The van der Waals surface area contributed by atoms with Gasteiger partial charge in [-0.1, -0.05) is 18.2 Å². The van der Waals surface area contributed by atoms with Gasteiger partial charge < -0.3 is 14.8 Å². The lowest BCUT2D eigenvalue weighted by Gasteiger charge is -2.18. The molecule has 0 aliphatic carbocycles. The van der Waals surface area contributed by atoms with Crippen molar-refractivity contribution >= 4 is 0 Å². The van der Waals surface area contributed by atoms with E-state index in [-0.39, 0.29) is 6.10 Å². The number of methoxy groups -OCH3 is 1. The molecule has 19 heavy (non-hydrogen) atoms. The minimum Gasteiger partial charge on any atom is -0.490 e. The number of hydrogen-bond donors (Lipinski definition) is 1. The van der Waals surface area contributed by atoms with Crippen molar-refractivity contribution in [1.82, 2.24) is 0 Å². The van der Waals surface area contributed by atoms with E-state index in [9.17, 15) is 0 Å². The fraction of sp³-hybridized carbons (Fsp3) is 0.625. The van der Waals surface area contributed by atoms with Gasteiger partial charge >= 0.3 is 0 Å². The zero-order chi connectivity index (χ0) is 14.1. The smallest absolute Gasteiger partial charge is 0.122 e. The monoisotopic (exact) mass is 266 g/mol. The Kier molecular flexibility index (Phi) is 7.53. The van der Waals surface area contributed by atoms with Gasteiger partial charge in [-0.05, 0) is 38.8 Å². The van der Waals surface area contributed by atoms with Gasteiger partial charge in [-0.2, -0.15) is 0 Å². The van der Waals surface area contributed by atoms with Crippen molar-refractivity contribution in [3.05, 3.63) is 29.8 Å². The number of aryl methyl sites for hydroxylation is 1. The van der Waals surface area contributed by atoms with E-state index >= 15 is 0 Å². The van der Waals surface area contributed by atoms with Gasteiger partial charge in [0.15, 0.2) is 0 Å². The molecule has 1 aromatic rings. The lowest BCUT2D eigenvalue weighted by atomic mass is 10.1. The molecule has 108 valence electrons. The summed E-state index contributed by atoms with van der Waals surface area (Å²) in [5.74, 6) is 1.01. The highest BCUT2D eigenvalue weighted by atomic mass is 16.5. The zero-order valence-corrected chi connectivity index (χ0v) is 12.7. The maximum atomic E-state index is 5.98. The average molecular weight is 266 g/mol. The van der Waals surface area contributed by atoms with Crippen molar-refractivity contribution in [3.63, 3.8) is 0 Å². The lowest BCUT2D eigenvalue weighted by molar-refractivity contribution is -0.687. The minimum absolute atomic E-state index is 0.263. The van der Waals surface area contributed by atoms with Crippen LogP contribution in [0.4, 0.5) is 0 Å². The van der Waals surface area contributed by atoms with Crippen LogP contribution in [0, 0.1) is 6.92 Å². The van der Waals surface area contributed by atoms with E-state index in [1.165, 1.54) is 5.56 Å². The Hall–Kier alpha value is -1.06. The Balaban J connectivity index is 2.24. The molecule has 3 heteroatoms. The number of nitrogens with two attached hydrogens (primary N) is 1. The third-order valence-electron chi connectivity index (χ3n) is 3.34. The molecule has 0 spiro atoms. The highest BCUT2D eigenvalue weighted by Gasteiger charge is 2.10. The summed E-state index contributed by atoms with van der Waals surface area (Å²) >= 11 is 0. The van der Waals surface area contributed by atoms with Gasteiger partial charge in [0, 0.05) is 13.5 Å². The number of ether oxygens (including phenoxy) is 2. The van der Waals surface area contributed by atoms with Crippen LogP contribution in [0.5, 0.6) is 5.75 Å². The van der Waals surface area contributed by atoms with E-state index in [1.54, 1.807) is 7.11 Å². The van der Waals surface area contributed by atoms with Crippen molar-refractivity contribution in [2.45, 2.75) is 45.8 Å². The highest BCUT2D eigenvalue weighted by Crippen LogP contribution is 2.19. The number of hydrogen-bond acceptors (Lipinski definition) is 2. The number of rotatable bonds is 9. The van der Waals surface area contributed by atoms with E-state index in [0.717, 1.165) is 31.7 Å². The van der Waals surface area contributed by atoms with Crippen LogP contribution < -0.4 is 10.1 Å². The van der Waals surface area contributed by atoms with Crippen molar-refractivity contribution in [2.75, 3.05) is 20.3 Å². The first-order valence-electron chi connectivity index (χ1n) is 7.18. The van der Waals surface area contributed by atoms with Crippen LogP contribution >= 0.6 is 0 Å². The molecule has 0 aliphatic rings. The largest absolute Gasteiger partial charge is 0.490 e.